The molecule has 8 nitrogen and oxygen atoms in total. The summed E-state index contributed by atoms with van der Waals surface area (Å²) < 4.78 is 70.5. The zero-order chi connectivity index (χ0) is 21.3. The number of fused-ring (bicyclic) bond motifs is 1. The number of nitrogens with zero attached hydrogens (tertiary/aromatic N) is 7. The van der Waals surface area contributed by atoms with Gasteiger partial charge in [-0.2, -0.15) is 19.6 Å². The fraction of sp³-hybridized carbons (Fsp3) is 0.267. The number of rotatable bonds is 7. The zero-order valence-corrected chi connectivity index (χ0v) is 15.5. The summed E-state index contributed by atoms with van der Waals surface area (Å²) >= 11 is 6.10. The number of benzene rings is 1. The highest BCUT2D eigenvalue weighted by atomic mass is 35.5. The summed E-state index contributed by atoms with van der Waals surface area (Å²) in [5.74, 6) is 3.03. The summed E-state index contributed by atoms with van der Waals surface area (Å²) in [6.45, 7) is 0.582. The smallest absolute Gasteiger partial charge is 0.246 e. The Morgan fingerprint density at radius 2 is 1.86 bits per heavy atom. The molecule has 29 heavy (non-hydrogen) atoms. The quantitative estimate of drug-likeness (QED) is 0.200. The minimum Gasteiger partial charge on any atom is -0.246 e. The number of nitrogens with two attached hydrogens (primary N) is 1. The van der Waals surface area contributed by atoms with Gasteiger partial charge in [-0.05, 0) is 18.6 Å². The highest BCUT2D eigenvalue weighted by molar-refractivity contribution is 6.33. The van der Waals surface area contributed by atoms with Gasteiger partial charge in [-0.25, -0.2) is 24.1 Å². The molecule has 1 atom stereocenters. The van der Waals surface area contributed by atoms with Gasteiger partial charge in [0.25, 0.3) is 5.78 Å². The number of hydrogen-bond acceptors (Lipinski definition) is 7. The first kappa shape index (κ1) is 21.1. The van der Waals surface area contributed by atoms with E-state index in [4.69, 9.17) is 17.4 Å². The van der Waals surface area contributed by atoms with Crippen LogP contribution in [0.5, 0.6) is 0 Å². The first-order valence-corrected chi connectivity index (χ1v) is 8.55. The van der Waals surface area contributed by atoms with Crippen LogP contribution in [0.4, 0.5) is 28.0 Å². The second-order valence-electron chi connectivity index (χ2n) is 5.79. The maximum absolute atomic E-state index is 14.4. The molecule has 0 aliphatic carbocycles. The van der Waals surface area contributed by atoms with E-state index in [2.05, 4.69) is 15.1 Å². The third-order valence-electron chi connectivity index (χ3n) is 4.02. The van der Waals surface area contributed by atoms with Crippen molar-refractivity contribution in [2.75, 3.05) is 11.7 Å². The normalized spacial score (nSPS) is 12.9. The van der Waals surface area contributed by atoms with Crippen molar-refractivity contribution in [3.8, 4) is 11.1 Å². The lowest BCUT2D eigenvalue weighted by Gasteiger charge is -2.32. The van der Waals surface area contributed by atoms with Crippen LogP contribution in [0.25, 0.3) is 16.9 Å². The third-order valence-corrected chi connectivity index (χ3v) is 4.29. The molecule has 1 unspecified atom stereocenters. The van der Waals surface area contributed by atoms with Gasteiger partial charge in [0.2, 0.25) is 0 Å². The summed E-state index contributed by atoms with van der Waals surface area (Å²) in [5, 5.41) is 3.62. The number of hydrazine groups is 3. The molecular weight excluding hydrogens is 423 g/mol. The van der Waals surface area contributed by atoms with Crippen molar-refractivity contribution in [1.29, 1.82) is 0 Å². The molecule has 2 aromatic heterocycles. The van der Waals surface area contributed by atoms with Crippen LogP contribution in [0.3, 0.4) is 0 Å². The molecule has 3 aromatic rings. The second-order valence-corrected chi connectivity index (χ2v) is 6.15. The first-order chi connectivity index (χ1) is 13.8. The molecule has 2 N–H and O–H groups in total. The molecule has 2 heterocycles. The van der Waals surface area contributed by atoms with Crippen LogP contribution < -0.4 is 11.0 Å². The molecule has 0 amide bonds. The van der Waals surface area contributed by atoms with E-state index in [-0.39, 0.29) is 22.4 Å². The SMILES string of the molecule is CCC(F)CN(N(F)F)N(N)c1c(-c2c(F)cccc2F)c(Cl)nc2ncnn12. The lowest BCUT2D eigenvalue weighted by molar-refractivity contribution is -0.309. The molecule has 0 bridgehead atoms. The molecule has 0 aliphatic rings. The van der Waals surface area contributed by atoms with Gasteiger partial charge < -0.3 is 0 Å². The van der Waals surface area contributed by atoms with E-state index >= 15 is 0 Å². The average molecular weight is 437 g/mol. The van der Waals surface area contributed by atoms with Gasteiger partial charge in [-0.1, -0.05) is 38.7 Å². The zero-order valence-electron chi connectivity index (χ0n) is 14.8. The van der Waals surface area contributed by atoms with Gasteiger partial charge in [0.15, 0.2) is 5.82 Å². The van der Waals surface area contributed by atoms with Gasteiger partial charge in [0.05, 0.1) is 17.7 Å². The lowest BCUT2D eigenvalue weighted by atomic mass is 10.1. The van der Waals surface area contributed by atoms with Gasteiger partial charge in [-0.3, -0.25) is 0 Å². The maximum Gasteiger partial charge on any atom is 0.255 e. The van der Waals surface area contributed by atoms with E-state index < -0.39 is 51.9 Å². The molecule has 3 rings (SSSR count). The predicted octanol–water partition coefficient (Wildman–Crippen LogP) is 3.35. The minimum atomic E-state index is -1.69. The Morgan fingerprint density at radius 1 is 1.21 bits per heavy atom. The summed E-state index contributed by atoms with van der Waals surface area (Å²) in [6.07, 6.45) is -0.760. The van der Waals surface area contributed by atoms with Gasteiger partial charge in [0.1, 0.15) is 34.7 Å². The molecule has 0 radical (unpaired) electrons. The van der Waals surface area contributed by atoms with Crippen molar-refractivity contribution in [3.05, 3.63) is 41.3 Å². The number of hydrogen-bond donors (Lipinski definition) is 1. The molecular formula is C15H14ClF5N8. The summed E-state index contributed by atoms with van der Waals surface area (Å²) in [5.41, 5.74) is -2.62. The lowest BCUT2D eigenvalue weighted by Crippen LogP contribution is -2.55. The number of alkyl halides is 1. The van der Waals surface area contributed by atoms with Gasteiger partial charge in [-0.15, -0.1) is 0 Å². The van der Waals surface area contributed by atoms with Crippen LogP contribution in [-0.2, 0) is 0 Å². The maximum atomic E-state index is 14.4. The highest BCUT2D eigenvalue weighted by Crippen LogP contribution is 2.38. The second kappa shape index (κ2) is 8.41. The van der Waals surface area contributed by atoms with E-state index in [1.807, 2.05) is 0 Å². The average Bonchev–Trinajstić information content (AvgIpc) is 3.12. The van der Waals surface area contributed by atoms with E-state index in [0.717, 1.165) is 29.0 Å². The topological polar surface area (TPSA) is 78.8 Å². The fourth-order valence-corrected chi connectivity index (χ4v) is 2.86. The summed E-state index contributed by atoms with van der Waals surface area (Å²) in [7, 11) is 0. The van der Waals surface area contributed by atoms with Crippen LogP contribution >= 0.6 is 11.6 Å². The predicted molar refractivity (Wildman–Crippen MR) is 93.8 cm³/mol. The largest absolute Gasteiger partial charge is 0.255 e. The van der Waals surface area contributed by atoms with Crippen molar-refractivity contribution in [2.24, 2.45) is 5.84 Å². The van der Waals surface area contributed by atoms with Crippen LogP contribution in [0.1, 0.15) is 13.3 Å². The monoisotopic (exact) mass is 436 g/mol. The first-order valence-electron chi connectivity index (χ1n) is 8.17. The van der Waals surface area contributed by atoms with Crippen molar-refractivity contribution < 1.29 is 22.1 Å². The van der Waals surface area contributed by atoms with Crippen LogP contribution in [0.2, 0.25) is 5.15 Å². The van der Waals surface area contributed by atoms with Gasteiger partial charge >= 0.3 is 0 Å². The third kappa shape index (κ3) is 3.94. The van der Waals surface area contributed by atoms with Gasteiger partial charge in [0, 0.05) is 0 Å². The molecule has 156 valence electrons. The molecule has 0 saturated carbocycles. The van der Waals surface area contributed by atoms with E-state index in [1.54, 1.807) is 0 Å². The minimum absolute atomic E-state index is 0.0171. The van der Waals surface area contributed by atoms with Crippen molar-refractivity contribution in [3.63, 3.8) is 0 Å². The molecule has 0 fully saturated rings. The fourth-order valence-electron chi connectivity index (χ4n) is 2.60. The number of halogens is 6. The molecule has 0 aliphatic heterocycles. The number of aromatic nitrogens is 4. The Balaban J connectivity index is 2.29. The Morgan fingerprint density at radius 3 is 2.45 bits per heavy atom. The molecule has 0 saturated heterocycles. The summed E-state index contributed by atoms with van der Waals surface area (Å²) in [6, 6.07) is 2.98. The summed E-state index contributed by atoms with van der Waals surface area (Å²) in [4.78, 5) is 7.64. The Bertz CT molecular complexity index is 996. The van der Waals surface area contributed by atoms with E-state index in [0.29, 0.717) is 0 Å². The van der Waals surface area contributed by atoms with Crippen LogP contribution in [-0.4, -0.2) is 42.9 Å². The van der Waals surface area contributed by atoms with E-state index in [1.165, 1.54) is 6.92 Å². The molecule has 1 aromatic carbocycles. The van der Waals surface area contributed by atoms with Crippen LogP contribution in [0, 0.1) is 11.6 Å². The van der Waals surface area contributed by atoms with E-state index in [9.17, 15) is 22.1 Å². The number of anilines is 1. The van der Waals surface area contributed by atoms with Crippen LogP contribution in [0.15, 0.2) is 24.5 Å². The van der Waals surface area contributed by atoms with Crippen molar-refractivity contribution >= 4 is 23.2 Å². The standard InChI is InChI=1S/C15H14ClF5N8/c1-2-8(17)6-26(29(20)21)28(22)14-12(11-9(18)4-3-5-10(11)19)13(16)25-15-23-7-24-27(14)15/h3-5,7-8H,2,6,22H2,1H3. The van der Waals surface area contributed by atoms with Crippen molar-refractivity contribution in [1.82, 2.24) is 30.2 Å². The Labute approximate surface area is 165 Å². The highest BCUT2D eigenvalue weighted by Gasteiger charge is 2.32. The molecule has 0 spiro atoms. The van der Waals surface area contributed by atoms with Crippen molar-refractivity contribution in [2.45, 2.75) is 19.5 Å². The Kier molecular flexibility index (Phi) is 6.12. The molecule has 14 heteroatoms. The Hall–Kier alpha value is -2.61.